The van der Waals surface area contributed by atoms with Gasteiger partial charge < -0.3 is 10.7 Å². The van der Waals surface area contributed by atoms with Crippen LogP contribution in [-0.2, 0) is 17.6 Å². The average Bonchev–Trinajstić information content (AvgIpc) is 3.20. The predicted molar refractivity (Wildman–Crippen MR) is 113 cm³/mol. The number of nitrogens with one attached hydrogen (secondary N) is 1. The summed E-state index contributed by atoms with van der Waals surface area (Å²) in [6.07, 6.45) is 4.05. The Labute approximate surface area is 165 Å². The molecule has 0 aliphatic carbocycles. The van der Waals surface area contributed by atoms with Crippen LogP contribution in [0.2, 0.25) is 0 Å². The maximum absolute atomic E-state index is 12.3. The van der Waals surface area contributed by atoms with E-state index in [2.05, 4.69) is 28.4 Å². The zero-order chi connectivity index (χ0) is 19.9. The standard InChI is InChI=1S/C24H23N3O/c1-17(2)21-11-9-19(10-12-21)4-3-18-5-7-20(8-6-18)13-24(28)23(25)14-22-15-26-16-27-22/h5-12,15-16,23H,1,13-14,25H2,2H3,(H,26,27)/t23-/m0/s1. The number of carbonyl (C=O) groups excluding carboxylic acids is 1. The van der Waals surface area contributed by atoms with Crippen molar-refractivity contribution in [1.29, 1.82) is 0 Å². The third-order valence-corrected chi connectivity index (χ3v) is 4.47. The summed E-state index contributed by atoms with van der Waals surface area (Å²) in [4.78, 5) is 19.2. The largest absolute Gasteiger partial charge is 0.348 e. The molecule has 1 heterocycles. The summed E-state index contributed by atoms with van der Waals surface area (Å²) in [5.74, 6) is 6.31. The van der Waals surface area contributed by atoms with Gasteiger partial charge in [-0.15, -0.1) is 0 Å². The van der Waals surface area contributed by atoms with Crippen molar-refractivity contribution >= 4 is 11.4 Å². The molecule has 2 aromatic carbocycles. The molecule has 1 atom stereocenters. The molecular formula is C24H23N3O. The van der Waals surface area contributed by atoms with Crippen LogP contribution in [0.3, 0.4) is 0 Å². The number of nitrogens with zero attached hydrogens (tertiary/aromatic N) is 1. The van der Waals surface area contributed by atoms with Gasteiger partial charge in [0.15, 0.2) is 5.78 Å². The van der Waals surface area contributed by atoms with Gasteiger partial charge in [-0.05, 0) is 42.3 Å². The third-order valence-electron chi connectivity index (χ3n) is 4.47. The molecule has 0 saturated heterocycles. The fourth-order valence-corrected chi connectivity index (χ4v) is 2.77. The summed E-state index contributed by atoms with van der Waals surface area (Å²) < 4.78 is 0. The Hall–Kier alpha value is -3.42. The van der Waals surface area contributed by atoms with E-state index in [4.69, 9.17) is 5.73 Å². The number of benzene rings is 2. The first-order valence-electron chi connectivity index (χ1n) is 9.14. The molecule has 3 N–H and O–H groups in total. The lowest BCUT2D eigenvalue weighted by Gasteiger charge is -2.09. The van der Waals surface area contributed by atoms with Gasteiger partial charge in [0.25, 0.3) is 0 Å². The van der Waals surface area contributed by atoms with Crippen LogP contribution < -0.4 is 5.73 Å². The summed E-state index contributed by atoms with van der Waals surface area (Å²) in [7, 11) is 0. The van der Waals surface area contributed by atoms with Crippen LogP contribution in [0.25, 0.3) is 5.57 Å². The van der Waals surface area contributed by atoms with Crippen LogP contribution >= 0.6 is 0 Å². The molecule has 0 aliphatic rings. The first kappa shape index (κ1) is 19.3. The van der Waals surface area contributed by atoms with Crippen molar-refractivity contribution < 1.29 is 4.79 Å². The summed E-state index contributed by atoms with van der Waals surface area (Å²) in [5.41, 5.74) is 11.8. The summed E-state index contributed by atoms with van der Waals surface area (Å²) >= 11 is 0. The number of imidazole rings is 1. The number of nitrogens with two attached hydrogens (primary N) is 1. The molecule has 0 amide bonds. The maximum Gasteiger partial charge on any atom is 0.154 e. The van der Waals surface area contributed by atoms with E-state index < -0.39 is 6.04 Å². The van der Waals surface area contributed by atoms with E-state index in [1.807, 2.05) is 55.5 Å². The highest BCUT2D eigenvalue weighted by Gasteiger charge is 2.15. The molecule has 3 rings (SSSR count). The van der Waals surface area contributed by atoms with Crippen LogP contribution in [0.15, 0.2) is 67.6 Å². The molecule has 0 unspecified atom stereocenters. The van der Waals surface area contributed by atoms with Gasteiger partial charge in [-0.3, -0.25) is 4.79 Å². The molecule has 1 aromatic heterocycles. The fraction of sp³-hybridized carbons (Fsp3) is 0.167. The molecule has 0 radical (unpaired) electrons. The summed E-state index contributed by atoms with van der Waals surface area (Å²) in [5, 5.41) is 0. The van der Waals surface area contributed by atoms with Crippen LogP contribution in [0.5, 0.6) is 0 Å². The molecular weight excluding hydrogens is 346 g/mol. The normalized spacial score (nSPS) is 11.4. The number of aromatic amines is 1. The average molecular weight is 369 g/mol. The minimum Gasteiger partial charge on any atom is -0.348 e. The van der Waals surface area contributed by atoms with E-state index in [0.29, 0.717) is 12.8 Å². The number of hydrogen-bond donors (Lipinski definition) is 2. The molecule has 140 valence electrons. The topological polar surface area (TPSA) is 71.8 Å². The van der Waals surface area contributed by atoms with E-state index in [-0.39, 0.29) is 5.78 Å². The molecule has 0 bridgehead atoms. The van der Waals surface area contributed by atoms with Crippen LogP contribution in [0, 0.1) is 11.8 Å². The van der Waals surface area contributed by atoms with Gasteiger partial charge in [0.2, 0.25) is 0 Å². The Morgan fingerprint density at radius 3 is 2.25 bits per heavy atom. The molecule has 0 spiro atoms. The van der Waals surface area contributed by atoms with Crippen molar-refractivity contribution in [2.45, 2.75) is 25.8 Å². The second-order valence-corrected chi connectivity index (χ2v) is 6.84. The second-order valence-electron chi connectivity index (χ2n) is 6.84. The first-order chi connectivity index (χ1) is 13.5. The molecule has 3 aromatic rings. The van der Waals surface area contributed by atoms with Crippen LogP contribution in [0.1, 0.15) is 34.9 Å². The highest BCUT2D eigenvalue weighted by atomic mass is 16.1. The number of aromatic nitrogens is 2. The molecule has 0 saturated carbocycles. The Balaban J connectivity index is 1.59. The van der Waals surface area contributed by atoms with E-state index in [0.717, 1.165) is 33.5 Å². The van der Waals surface area contributed by atoms with E-state index in [1.165, 1.54) is 0 Å². The van der Waals surface area contributed by atoms with E-state index in [1.54, 1.807) is 12.5 Å². The summed E-state index contributed by atoms with van der Waals surface area (Å²) in [6, 6.07) is 15.2. The SMILES string of the molecule is C=C(C)c1ccc(C#Cc2ccc(CC(=O)[C@@H](N)Cc3cnc[nH]3)cc2)cc1. The molecule has 0 aliphatic heterocycles. The minimum absolute atomic E-state index is 0.00559. The van der Waals surface area contributed by atoms with Crippen molar-refractivity contribution in [1.82, 2.24) is 9.97 Å². The number of carbonyl (C=O) groups is 1. The lowest BCUT2D eigenvalue weighted by molar-refractivity contribution is -0.119. The van der Waals surface area contributed by atoms with Crippen molar-refractivity contribution in [2.24, 2.45) is 5.73 Å². The lowest BCUT2D eigenvalue weighted by atomic mass is 10.0. The number of rotatable bonds is 6. The molecule has 4 heteroatoms. The number of H-pyrrole nitrogens is 1. The van der Waals surface area contributed by atoms with Gasteiger partial charge in [-0.2, -0.15) is 0 Å². The number of allylic oxidation sites excluding steroid dienone is 1. The quantitative estimate of drug-likeness (QED) is 0.653. The van der Waals surface area contributed by atoms with Crippen LogP contribution in [-0.4, -0.2) is 21.8 Å². The zero-order valence-corrected chi connectivity index (χ0v) is 15.9. The smallest absolute Gasteiger partial charge is 0.154 e. The highest BCUT2D eigenvalue weighted by Crippen LogP contribution is 2.12. The molecule has 0 fully saturated rings. The minimum atomic E-state index is -0.540. The Kier molecular flexibility index (Phi) is 6.21. The van der Waals surface area contributed by atoms with Crippen molar-refractivity contribution in [3.8, 4) is 11.8 Å². The lowest BCUT2D eigenvalue weighted by Crippen LogP contribution is -2.34. The van der Waals surface area contributed by atoms with Crippen LogP contribution in [0.4, 0.5) is 0 Å². The first-order valence-corrected chi connectivity index (χ1v) is 9.14. The second kappa shape index (κ2) is 8.98. The van der Waals surface area contributed by atoms with Gasteiger partial charge in [0.05, 0.1) is 12.4 Å². The van der Waals surface area contributed by atoms with E-state index >= 15 is 0 Å². The Morgan fingerprint density at radius 1 is 1.11 bits per heavy atom. The van der Waals surface area contributed by atoms with Gasteiger partial charge in [0, 0.05) is 35.9 Å². The maximum atomic E-state index is 12.3. The predicted octanol–water partition coefficient (Wildman–Crippen LogP) is 3.52. The van der Waals surface area contributed by atoms with Crippen molar-refractivity contribution in [3.05, 3.63) is 95.6 Å². The fourth-order valence-electron chi connectivity index (χ4n) is 2.77. The number of Topliss-reactive ketones (excluding diaryl/α,β-unsaturated/α-hetero) is 1. The zero-order valence-electron chi connectivity index (χ0n) is 15.9. The Morgan fingerprint density at radius 2 is 1.71 bits per heavy atom. The number of ketones is 1. The van der Waals surface area contributed by atoms with Gasteiger partial charge in [-0.1, -0.05) is 48.3 Å². The monoisotopic (exact) mass is 369 g/mol. The summed E-state index contributed by atoms with van der Waals surface area (Å²) in [6.45, 7) is 5.92. The van der Waals surface area contributed by atoms with Gasteiger partial charge >= 0.3 is 0 Å². The molecule has 4 nitrogen and oxygen atoms in total. The van der Waals surface area contributed by atoms with Gasteiger partial charge in [0.1, 0.15) is 0 Å². The molecule has 28 heavy (non-hydrogen) atoms. The van der Waals surface area contributed by atoms with Crippen molar-refractivity contribution in [2.75, 3.05) is 0 Å². The Bertz CT molecular complexity index is 1000. The van der Waals surface area contributed by atoms with Crippen molar-refractivity contribution in [3.63, 3.8) is 0 Å². The van der Waals surface area contributed by atoms with E-state index in [9.17, 15) is 4.79 Å². The van der Waals surface area contributed by atoms with Gasteiger partial charge in [-0.25, -0.2) is 4.98 Å². The number of hydrogen-bond acceptors (Lipinski definition) is 3. The third kappa shape index (κ3) is 5.29. The highest BCUT2D eigenvalue weighted by molar-refractivity contribution is 5.86.